The summed E-state index contributed by atoms with van der Waals surface area (Å²) in [5.74, 6) is -0.281. The smallest absolute Gasteiger partial charge is 0.253 e. The zero-order valence-electron chi connectivity index (χ0n) is 13.2. The van der Waals surface area contributed by atoms with Gasteiger partial charge in [-0.1, -0.05) is 13.3 Å². The first-order valence-corrected chi connectivity index (χ1v) is 7.78. The molecule has 1 aliphatic rings. The van der Waals surface area contributed by atoms with Gasteiger partial charge in [0.15, 0.2) is 0 Å². The number of aryl methyl sites for hydroxylation is 1. The first-order valence-electron chi connectivity index (χ1n) is 7.78. The number of nitrogens with zero attached hydrogens (tertiary/aromatic N) is 2. The Morgan fingerprint density at radius 2 is 2.14 bits per heavy atom. The van der Waals surface area contributed by atoms with Gasteiger partial charge < -0.3 is 9.80 Å². The zero-order chi connectivity index (χ0) is 15.4. The molecule has 116 valence electrons. The fourth-order valence-electron chi connectivity index (χ4n) is 2.75. The van der Waals surface area contributed by atoms with Crippen molar-refractivity contribution in [1.82, 2.24) is 9.80 Å². The lowest BCUT2D eigenvalue weighted by atomic mass is 10.1. The molecule has 0 unspecified atom stereocenters. The monoisotopic (exact) mass is 292 g/mol. The van der Waals surface area contributed by atoms with E-state index in [1.54, 1.807) is 19.1 Å². The number of likely N-dealkylation sites (tertiary alicyclic amines) is 1. The van der Waals surface area contributed by atoms with Crippen molar-refractivity contribution in [2.45, 2.75) is 39.2 Å². The second-order valence-electron chi connectivity index (χ2n) is 5.98. The molecule has 1 aromatic rings. The molecular weight excluding hydrogens is 267 g/mol. The van der Waals surface area contributed by atoms with Crippen LogP contribution in [-0.2, 0) is 0 Å². The number of carbonyl (C=O) groups is 1. The molecule has 0 spiro atoms. The minimum Gasteiger partial charge on any atom is -0.337 e. The van der Waals surface area contributed by atoms with Crippen LogP contribution in [0.4, 0.5) is 4.39 Å². The molecule has 0 aromatic heterocycles. The van der Waals surface area contributed by atoms with E-state index in [1.165, 1.54) is 12.5 Å². The van der Waals surface area contributed by atoms with Crippen LogP contribution in [-0.4, -0.2) is 48.4 Å². The van der Waals surface area contributed by atoms with Crippen molar-refractivity contribution in [3.8, 4) is 0 Å². The number of halogens is 1. The third-order valence-electron chi connectivity index (χ3n) is 4.31. The standard InChI is InChI=1S/C17H25FN2O/c1-4-6-15(12-20-9-5-10-20)19(3)17(21)14-7-8-16(18)13(2)11-14/h7-8,11,15H,4-6,9-10,12H2,1-3H3/t15-/m0/s1. The highest BCUT2D eigenvalue weighted by Gasteiger charge is 2.25. The highest BCUT2D eigenvalue weighted by molar-refractivity contribution is 5.94. The van der Waals surface area contributed by atoms with Gasteiger partial charge in [-0.05, 0) is 56.6 Å². The summed E-state index contributed by atoms with van der Waals surface area (Å²) in [5.41, 5.74) is 1.09. The predicted molar refractivity (Wildman–Crippen MR) is 83.0 cm³/mol. The van der Waals surface area contributed by atoms with E-state index >= 15 is 0 Å². The van der Waals surface area contributed by atoms with Crippen molar-refractivity contribution in [2.24, 2.45) is 0 Å². The van der Waals surface area contributed by atoms with Crippen LogP contribution in [0, 0.1) is 12.7 Å². The van der Waals surface area contributed by atoms with Gasteiger partial charge in [0, 0.05) is 25.2 Å². The van der Waals surface area contributed by atoms with E-state index in [0.717, 1.165) is 32.5 Å². The van der Waals surface area contributed by atoms with Crippen molar-refractivity contribution in [2.75, 3.05) is 26.7 Å². The summed E-state index contributed by atoms with van der Waals surface area (Å²) in [6.45, 7) is 7.05. The van der Waals surface area contributed by atoms with E-state index < -0.39 is 0 Å². The number of benzene rings is 1. The molecule has 1 aromatic carbocycles. The van der Waals surface area contributed by atoms with E-state index in [9.17, 15) is 9.18 Å². The maximum absolute atomic E-state index is 13.3. The average Bonchev–Trinajstić information content (AvgIpc) is 2.43. The van der Waals surface area contributed by atoms with Gasteiger partial charge in [0.1, 0.15) is 5.82 Å². The van der Waals surface area contributed by atoms with Crippen LogP contribution in [0.15, 0.2) is 18.2 Å². The molecule has 1 heterocycles. The third kappa shape index (κ3) is 3.82. The van der Waals surface area contributed by atoms with Crippen LogP contribution in [0.1, 0.15) is 42.1 Å². The van der Waals surface area contributed by atoms with E-state index in [0.29, 0.717) is 11.1 Å². The van der Waals surface area contributed by atoms with Crippen molar-refractivity contribution < 1.29 is 9.18 Å². The summed E-state index contributed by atoms with van der Waals surface area (Å²) in [6.07, 6.45) is 3.31. The first kappa shape index (κ1) is 16.0. The maximum Gasteiger partial charge on any atom is 0.253 e. The number of likely N-dealkylation sites (N-methyl/N-ethyl adjacent to an activating group) is 1. The SMILES string of the molecule is CCC[C@@H](CN1CCC1)N(C)C(=O)c1ccc(F)c(C)c1. The second kappa shape index (κ2) is 7.03. The highest BCUT2D eigenvalue weighted by atomic mass is 19.1. The molecule has 2 rings (SSSR count). The van der Waals surface area contributed by atoms with Crippen LogP contribution in [0.3, 0.4) is 0 Å². The predicted octanol–water partition coefficient (Wildman–Crippen LogP) is 3.08. The van der Waals surface area contributed by atoms with Crippen molar-refractivity contribution >= 4 is 5.91 Å². The molecule has 1 atom stereocenters. The molecule has 0 radical (unpaired) electrons. The molecule has 1 aliphatic heterocycles. The minimum atomic E-state index is -0.264. The number of hydrogen-bond donors (Lipinski definition) is 0. The maximum atomic E-state index is 13.3. The number of rotatable bonds is 6. The molecule has 1 amide bonds. The Kier molecular flexibility index (Phi) is 5.34. The van der Waals surface area contributed by atoms with Gasteiger partial charge in [0.05, 0.1) is 0 Å². The number of amides is 1. The summed E-state index contributed by atoms with van der Waals surface area (Å²) in [4.78, 5) is 16.8. The molecule has 0 bridgehead atoms. The van der Waals surface area contributed by atoms with Gasteiger partial charge in [0.25, 0.3) is 5.91 Å². The Balaban J connectivity index is 2.08. The average molecular weight is 292 g/mol. The molecule has 4 heteroatoms. The lowest BCUT2D eigenvalue weighted by Crippen LogP contribution is -2.49. The fourth-order valence-corrected chi connectivity index (χ4v) is 2.75. The minimum absolute atomic E-state index is 0.0166. The summed E-state index contributed by atoms with van der Waals surface area (Å²) >= 11 is 0. The molecular formula is C17H25FN2O. The van der Waals surface area contributed by atoms with Crippen LogP contribution in [0.25, 0.3) is 0 Å². The van der Waals surface area contributed by atoms with E-state index in [1.807, 2.05) is 11.9 Å². The van der Waals surface area contributed by atoms with Gasteiger partial charge in [-0.2, -0.15) is 0 Å². The molecule has 0 saturated carbocycles. The quantitative estimate of drug-likeness (QED) is 0.804. The molecule has 21 heavy (non-hydrogen) atoms. The van der Waals surface area contributed by atoms with Crippen molar-refractivity contribution in [3.05, 3.63) is 35.1 Å². The summed E-state index contributed by atoms with van der Waals surface area (Å²) < 4.78 is 13.3. The van der Waals surface area contributed by atoms with Crippen LogP contribution >= 0.6 is 0 Å². The van der Waals surface area contributed by atoms with Gasteiger partial charge in [-0.3, -0.25) is 4.79 Å². The molecule has 0 N–H and O–H groups in total. The molecule has 3 nitrogen and oxygen atoms in total. The largest absolute Gasteiger partial charge is 0.337 e. The van der Waals surface area contributed by atoms with E-state index in [2.05, 4.69) is 11.8 Å². The van der Waals surface area contributed by atoms with Crippen molar-refractivity contribution in [3.63, 3.8) is 0 Å². The van der Waals surface area contributed by atoms with Gasteiger partial charge in [-0.25, -0.2) is 4.39 Å². The Morgan fingerprint density at radius 1 is 1.43 bits per heavy atom. The van der Waals surface area contributed by atoms with E-state index in [-0.39, 0.29) is 17.8 Å². The van der Waals surface area contributed by atoms with Crippen LogP contribution in [0.2, 0.25) is 0 Å². The Morgan fingerprint density at radius 3 is 2.67 bits per heavy atom. The summed E-state index contributed by atoms with van der Waals surface area (Å²) in [5, 5.41) is 0. The van der Waals surface area contributed by atoms with Crippen LogP contribution in [0.5, 0.6) is 0 Å². The van der Waals surface area contributed by atoms with Crippen molar-refractivity contribution in [1.29, 1.82) is 0 Å². The second-order valence-corrected chi connectivity index (χ2v) is 5.98. The van der Waals surface area contributed by atoms with E-state index in [4.69, 9.17) is 0 Å². The molecule has 0 aliphatic carbocycles. The topological polar surface area (TPSA) is 23.6 Å². The third-order valence-corrected chi connectivity index (χ3v) is 4.31. The van der Waals surface area contributed by atoms with Gasteiger partial charge in [0.2, 0.25) is 0 Å². The lowest BCUT2D eigenvalue weighted by molar-refractivity contribution is 0.0627. The zero-order valence-corrected chi connectivity index (χ0v) is 13.2. The van der Waals surface area contributed by atoms with Crippen LogP contribution < -0.4 is 0 Å². The summed E-state index contributed by atoms with van der Waals surface area (Å²) in [6, 6.07) is 4.82. The Hall–Kier alpha value is -1.42. The Labute approximate surface area is 126 Å². The highest BCUT2D eigenvalue weighted by Crippen LogP contribution is 2.17. The van der Waals surface area contributed by atoms with Gasteiger partial charge >= 0.3 is 0 Å². The molecule has 1 fully saturated rings. The fraction of sp³-hybridized carbons (Fsp3) is 0.588. The number of hydrogen-bond acceptors (Lipinski definition) is 2. The lowest BCUT2D eigenvalue weighted by Gasteiger charge is -2.37. The Bertz CT molecular complexity index is 500. The summed E-state index contributed by atoms with van der Waals surface area (Å²) in [7, 11) is 1.86. The van der Waals surface area contributed by atoms with Gasteiger partial charge in [-0.15, -0.1) is 0 Å². The normalized spacial score (nSPS) is 16.4. The molecule has 1 saturated heterocycles. The first-order chi connectivity index (χ1) is 10.0. The number of carbonyl (C=O) groups excluding carboxylic acids is 1.